The van der Waals surface area contributed by atoms with Gasteiger partial charge < -0.3 is 9.84 Å². The lowest BCUT2D eigenvalue weighted by Gasteiger charge is -2.09. The van der Waals surface area contributed by atoms with E-state index in [0.717, 1.165) is 19.1 Å². The number of nitrogens with zero attached hydrogens (tertiary/aromatic N) is 1. The second-order valence-corrected chi connectivity index (χ2v) is 5.63. The molecule has 23 heavy (non-hydrogen) atoms. The first-order valence-corrected chi connectivity index (χ1v) is 7.63. The van der Waals surface area contributed by atoms with Crippen molar-refractivity contribution in [2.24, 2.45) is 4.99 Å². The standard InChI is InChI=1S/C15H13BrF3NO3/c1-2-23-15(22)9(6-20-7-3-4-7)14(21)8-5-10(17)13(19)11(16)12(8)18/h5-7,21H,2-4H2,1H3/b14-9+,20-6?. The SMILES string of the molecule is CCOC(=O)/C(C=NC1CC1)=C(/O)c1cc(F)c(F)c(Br)c1F. The normalized spacial score (nSPS) is 15.7. The van der Waals surface area contributed by atoms with E-state index >= 15 is 0 Å². The number of aliphatic imine (C=N–C) groups is 1. The first-order valence-electron chi connectivity index (χ1n) is 6.83. The summed E-state index contributed by atoms with van der Waals surface area (Å²) in [5.74, 6) is -5.84. The molecular formula is C15H13BrF3NO3. The van der Waals surface area contributed by atoms with E-state index in [4.69, 9.17) is 4.74 Å². The molecule has 0 heterocycles. The predicted octanol–water partition coefficient (Wildman–Crippen LogP) is 3.93. The molecule has 0 radical (unpaired) electrons. The molecule has 1 aromatic carbocycles. The topological polar surface area (TPSA) is 58.9 Å². The summed E-state index contributed by atoms with van der Waals surface area (Å²) < 4.78 is 44.8. The van der Waals surface area contributed by atoms with E-state index in [-0.39, 0.29) is 12.6 Å². The van der Waals surface area contributed by atoms with E-state index in [1.165, 1.54) is 0 Å². The minimum absolute atomic E-state index is 0.0246. The lowest BCUT2D eigenvalue weighted by atomic mass is 10.1. The Morgan fingerprint density at radius 1 is 1.43 bits per heavy atom. The molecule has 0 unspecified atom stereocenters. The average Bonchev–Trinajstić information content (AvgIpc) is 3.33. The number of rotatable bonds is 5. The Bertz CT molecular complexity index is 700. The maximum Gasteiger partial charge on any atom is 0.343 e. The molecule has 0 aliphatic heterocycles. The summed E-state index contributed by atoms with van der Waals surface area (Å²) in [6.07, 6.45) is 2.76. The van der Waals surface area contributed by atoms with Crippen LogP contribution in [0, 0.1) is 17.5 Å². The van der Waals surface area contributed by atoms with Crippen molar-refractivity contribution in [1.82, 2.24) is 0 Å². The van der Waals surface area contributed by atoms with Crippen LogP contribution >= 0.6 is 15.9 Å². The number of aliphatic hydroxyl groups excluding tert-OH is 1. The fourth-order valence-corrected chi connectivity index (χ4v) is 2.12. The van der Waals surface area contributed by atoms with Gasteiger partial charge in [0.2, 0.25) is 0 Å². The quantitative estimate of drug-likeness (QED) is 0.206. The van der Waals surface area contributed by atoms with Crippen LogP contribution in [0.1, 0.15) is 25.3 Å². The Hall–Kier alpha value is -1.83. The van der Waals surface area contributed by atoms with Crippen molar-refractivity contribution in [3.05, 3.63) is 39.1 Å². The van der Waals surface area contributed by atoms with Crippen LogP contribution in [0.2, 0.25) is 0 Å². The Balaban J connectivity index is 2.54. The van der Waals surface area contributed by atoms with E-state index in [9.17, 15) is 23.1 Å². The molecule has 0 amide bonds. The van der Waals surface area contributed by atoms with Gasteiger partial charge in [0.15, 0.2) is 17.5 Å². The van der Waals surface area contributed by atoms with Crippen LogP contribution in [0.3, 0.4) is 0 Å². The molecule has 1 N–H and O–H groups in total. The Morgan fingerprint density at radius 3 is 2.65 bits per heavy atom. The lowest BCUT2D eigenvalue weighted by molar-refractivity contribution is -0.137. The van der Waals surface area contributed by atoms with Gasteiger partial charge in [-0.05, 0) is 41.8 Å². The summed E-state index contributed by atoms with van der Waals surface area (Å²) in [7, 11) is 0. The smallest absolute Gasteiger partial charge is 0.343 e. The molecule has 0 saturated heterocycles. The highest BCUT2D eigenvalue weighted by molar-refractivity contribution is 9.10. The van der Waals surface area contributed by atoms with Crippen molar-refractivity contribution in [2.75, 3.05) is 6.61 Å². The van der Waals surface area contributed by atoms with Crippen molar-refractivity contribution in [3.63, 3.8) is 0 Å². The average molecular weight is 392 g/mol. The van der Waals surface area contributed by atoms with Crippen molar-refractivity contribution in [1.29, 1.82) is 0 Å². The molecule has 1 aliphatic carbocycles. The van der Waals surface area contributed by atoms with E-state index < -0.39 is 44.8 Å². The highest BCUT2D eigenvalue weighted by Gasteiger charge is 2.25. The first kappa shape index (κ1) is 17.5. The first-order chi connectivity index (χ1) is 10.9. The molecule has 0 spiro atoms. The molecule has 1 aliphatic rings. The number of esters is 1. The number of halogens is 4. The summed E-state index contributed by atoms with van der Waals surface area (Å²) >= 11 is 2.56. The number of hydrogen-bond acceptors (Lipinski definition) is 4. The van der Waals surface area contributed by atoms with Crippen molar-refractivity contribution >= 4 is 33.9 Å². The number of aliphatic hydroxyl groups is 1. The fourth-order valence-electron chi connectivity index (χ4n) is 1.71. The largest absolute Gasteiger partial charge is 0.506 e. The van der Waals surface area contributed by atoms with Crippen LogP contribution in [0.15, 0.2) is 21.1 Å². The van der Waals surface area contributed by atoms with Crippen molar-refractivity contribution in [3.8, 4) is 0 Å². The third-order valence-electron chi connectivity index (χ3n) is 3.07. The third-order valence-corrected chi connectivity index (χ3v) is 3.77. The van der Waals surface area contributed by atoms with Gasteiger partial charge in [-0.15, -0.1) is 0 Å². The molecule has 1 saturated carbocycles. The number of carbonyl (C=O) groups excluding carboxylic acids is 1. The number of ether oxygens (including phenoxy) is 1. The van der Waals surface area contributed by atoms with E-state index in [2.05, 4.69) is 20.9 Å². The monoisotopic (exact) mass is 391 g/mol. The molecule has 0 atom stereocenters. The fraction of sp³-hybridized carbons (Fsp3) is 0.333. The second kappa shape index (κ2) is 7.16. The Kier molecular flexibility index (Phi) is 5.46. The summed E-state index contributed by atoms with van der Waals surface area (Å²) in [6.45, 7) is 1.58. The zero-order valence-corrected chi connectivity index (χ0v) is 13.7. The predicted molar refractivity (Wildman–Crippen MR) is 81.7 cm³/mol. The van der Waals surface area contributed by atoms with Gasteiger partial charge in [-0.1, -0.05) is 0 Å². The van der Waals surface area contributed by atoms with E-state index in [0.29, 0.717) is 6.07 Å². The van der Waals surface area contributed by atoms with Crippen LogP contribution in [0.4, 0.5) is 13.2 Å². The van der Waals surface area contributed by atoms with Crippen LogP contribution in [0.25, 0.3) is 5.76 Å². The molecule has 2 rings (SSSR count). The van der Waals surface area contributed by atoms with Gasteiger partial charge in [0.1, 0.15) is 11.3 Å². The molecule has 8 heteroatoms. The highest BCUT2D eigenvalue weighted by Crippen LogP contribution is 2.30. The van der Waals surface area contributed by atoms with Gasteiger partial charge in [-0.3, -0.25) is 4.99 Å². The van der Waals surface area contributed by atoms with E-state index in [1.54, 1.807) is 6.92 Å². The summed E-state index contributed by atoms with van der Waals surface area (Å²) in [6, 6.07) is 0.503. The Labute approximate surface area is 138 Å². The zero-order chi connectivity index (χ0) is 17.1. The molecule has 0 bridgehead atoms. The molecule has 1 aromatic rings. The molecule has 1 fully saturated rings. The van der Waals surface area contributed by atoms with Gasteiger partial charge in [-0.25, -0.2) is 18.0 Å². The maximum atomic E-state index is 14.1. The van der Waals surface area contributed by atoms with Gasteiger partial charge >= 0.3 is 5.97 Å². The van der Waals surface area contributed by atoms with Crippen molar-refractivity contribution in [2.45, 2.75) is 25.8 Å². The van der Waals surface area contributed by atoms with Gasteiger partial charge in [-0.2, -0.15) is 0 Å². The molecule has 0 aromatic heterocycles. The van der Waals surface area contributed by atoms with Crippen LogP contribution in [0.5, 0.6) is 0 Å². The molecular weight excluding hydrogens is 379 g/mol. The van der Waals surface area contributed by atoms with Gasteiger partial charge in [0.25, 0.3) is 0 Å². The highest BCUT2D eigenvalue weighted by atomic mass is 79.9. The minimum Gasteiger partial charge on any atom is -0.506 e. The second-order valence-electron chi connectivity index (χ2n) is 4.84. The summed E-state index contributed by atoms with van der Waals surface area (Å²) in [5, 5.41) is 10.2. The maximum absolute atomic E-state index is 14.1. The number of carbonyl (C=O) groups is 1. The van der Waals surface area contributed by atoms with Crippen LogP contribution < -0.4 is 0 Å². The van der Waals surface area contributed by atoms with Gasteiger partial charge in [0, 0.05) is 6.21 Å². The minimum atomic E-state index is -1.43. The van der Waals surface area contributed by atoms with Crippen LogP contribution in [-0.4, -0.2) is 29.9 Å². The van der Waals surface area contributed by atoms with Crippen LogP contribution in [-0.2, 0) is 9.53 Å². The van der Waals surface area contributed by atoms with E-state index in [1.807, 2.05) is 0 Å². The Morgan fingerprint density at radius 2 is 2.09 bits per heavy atom. The zero-order valence-electron chi connectivity index (χ0n) is 12.1. The summed E-state index contributed by atoms with van der Waals surface area (Å²) in [5.41, 5.74) is -1.09. The van der Waals surface area contributed by atoms with Gasteiger partial charge in [0.05, 0.1) is 22.7 Å². The number of hydrogen-bond donors (Lipinski definition) is 1. The lowest BCUT2D eigenvalue weighted by Crippen LogP contribution is -2.12. The summed E-state index contributed by atoms with van der Waals surface area (Å²) in [4.78, 5) is 15.9. The number of benzene rings is 1. The molecule has 4 nitrogen and oxygen atoms in total. The third kappa shape index (κ3) is 3.93. The van der Waals surface area contributed by atoms with Crippen molar-refractivity contribution < 1.29 is 27.8 Å². The molecule has 124 valence electrons.